The fraction of sp³-hybridized carbons (Fsp3) is 0.167. The zero-order valence-electron chi connectivity index (χ0n) is 9.34. The molecule has 0 aliphatic carbocycles. The highest BCUT2D eigenvalue weighted by Crippen LogP contribution is 2.45. The summed E-state index contributed by atoms with van der Waals surface area (Å²) >= 11 is 0. The molecule has 90 valence electrons. The lowest BCUT2D eigenvalue weighted by atomic mass is 10.1. The molecule has 0 radical (unpaired) electrons. The number of fused-ring (bicyclic) bond motifs is 3. The average molecular weight is 243 g/mol. The summed E-state index contributed by atoms with van der Waals surface area (Å²) in [6.07, 6.45) is 3.49. The van der Waals surface area contributed by atoms with E-state index in [1.54, 1.807) is 0 Å². The lowest BCUT2D eigenvalue weighted by molar-refractivity contribution is 0.170. The highest BCUT2D eigenvalue weighted by Gasteiger charge is 2.25. The molecular weight excluding hydrogens is 234 g/mol. The number of H-pyrrole nitrogens is 1. The summed E-state index contributed by atoms with van der Waals surface area (Å²) in [5.74, 6) is 2.86. The predicted octanol–water partition coefficient (Wildman–Crippen LogP) is 1.47. The molecule has 0 saturated heterocycles. The first-order chi connectivity index (χ1) is 8.92. The Bertz CT molecular complexity index is 634. The molecule has 2 aliphatic heterocycles. The Morgan fingerprint density at radius 1 is 1.11 bits per heavy atom. The summed E-state index contributed by atoms with van der Waals surface area (Å²) in [7, 11) is 0. The van der Waals surface area contributed by atoms with Crippen molar-refractivity contribution in [1.82, 2.24) is 15.2 Å². The summed E-state index contributed by atoms with van der Waals surface area (Å²) in [6, 6.07) is 3.82. The lowest BCUT2D eigenvalue weighted by Crippen LogP contribution is -2.08. The van der Waals surface area contributed by atoms with Crippen molar-refractivity contribution in [2.75, 3.05) is 13.4 Å². The van der Waals surface area contributed by atoms with Crippen LogP contribution in [-0.2, 0) is 0 Å². The van der Waals surface area contributed by atoms with Gasteiger partial charge in [-0.3, -0.25) is 5.10 Å². The van der Waals surface area contributed by atoms with E-state index in [2.05, 4.69) is 15.2 Å². The van der Waals surface area contributed by atoms with Gasteiger partial charge in [-0.25, -0.2) is 4.98 Å². The number of hydrogen-bond acceptors (Lipinski definition) is 5. The van der Waals surface area contributed by atoms with Gasteiger partial charge < -0.3 is 14.2 Å². The van der Waals surface area contributed by atoms with Gasteiger partial charge in [-0.15, -0.1) is 0 Å². The van der Waals surface area contributed by atoms with Gasteiger partial charge in [0.15, 0.2) is 17.3 Å². The lowest BCUT2D eigenvalue weighted by Gasteiger charge is -2.17. The van der Waals surface area contributed by atoms with Crippen LogP contribution < -0.4 is 14.2 Å². The first-order valence-electron chi connectivity index (χ1n) is 5.53. The summed E-state index contributed by atoms with van der Waals surface area (Å²) in [6.45, 7) is 0.676. The van der Waals surface area contributed by atoms with E-state index in [0.29, 0.717) is 12.4 Å². The molecule has 0 bridgehead atoms. The Kier molecular flexibility index (Phi) is 1.85. The van der Waals surface area contributed by atoms with Crippen LogP contribution >= 0.6 is 0 Å². The number of nitrogens with one attached hydrogen (secondary N) is 1. The SMILES string of the molecule is C1=C(c2ncn[nH]2)COc2c1ccc1c2OCO1. The first-order valence-corrected chi connectivity index (χ1v) is 5.53. The van der Waals surface area contributed by atoms with Gasteiger partial charge in [0.1, 0.15) is 12.9 Å². The number of nitrogens with zero attached hydrogens (tertiary/aromatic N) is 2. The standard InChI is InChI=1S/C12H9N3O3/c1-2-9-11(18-6-17-9)10-7(1)3-8(4-16-10)12-13-5-14-15-12/h1-3,5H,4,6H2,(H,13,14,15). The zero-order chi connectivity index (χ0) is 11.9. The second-order valence-electron chi connectivity index (χ2n) is 4.01. The minimum Gasteiger partial charge on any atom is -0.484 e. The topological polar surface area (TPSA) is 69.3 Å². The molecule has 6 nitrogen and oxygen atoms in total. The molecule has 3 heterocycles. The summed E-state index contributed by atoms with van der Waals surface area (Å²) in [4.78, 5) is 4.11. The molecule has 6 heteroatoms. The number of rotatable bonds is 1. The van der Waals surface area contributed by atoms with Crippen LogP contribution in [0.1, 0.15) is 11.4 Å². The molecule has 0 unspecified atom stereocenters. The van der Waals surface area contributed by atoms with Gasteiger partial charge in [0.2, 0.25) is 12.5 Å². The number of aromatic amines is 1. The molecule has 18 heavy (non-hydrogen) atoms. The van der Waals surface area contributed by atoms with Crippen LogP contribution in [0.5, 0.6) is 17.2 Å². The van der Waals surface area contributed by atoms with Crippen molar-refractivity contribution < 1.29 is 14.2 Å². The Morgan fingerprint density at radius 2 is 2.11 bits per heavy atom. The Balaban J connectivity index is 1.82. The maximum absolute atomic E-state index is 5.74. The fourth-order valence-electron chi connectivity index (χ4n) is 2.10. The number of hydrogen-bond donors (Lipinski definition) is 1. The molecule has 0 amide bonds. The third kappa shape index (κ3) is 1.29. The van der Waals surface area contributed by atoms with Gasteiger partial charge in [0.25, 0.3) is 0 Å². The molecule has 0 atom stereocenters. The molecule has 1 N–H and O–H groups in total. The van der Waals surface area contributed by atoms with Crippen LogP contribution in [0, 0.1) is 0 Å². The van der Waals surface area contributed by atoms with Gasteiger partial charge in [-0.2, -0.15) is 5.10 Å². The van der Waals surface area contributed by atoms with Gasteiger partial charge in [-0.1, -0.05) is 0 Å². The molecule has 0 saturated carbocycles. The quantitative estimate of drug-likeness (QED) is 0.821. The third-order valence-electron chi connectivity index (χ3n) is 2.95. The van der Waals surface area contributed by atoms with E-state index in [1.165, 1.54) is 6.33 Å². The molecule has 2 aromatic rings. The molecule has 1 aromatic heterocycles. The largest absolute Gasteiger partial charge is 0.484 e. The van der Waals surface area contributed by atoms with Crippen LogP contribution in [0.15, 0.2) is 18.5 Å². The van der Waals surface area contributed by atoms with Crippen LogP contribution in [0.25, 0.3) is 11.6 Å². The number of ether oxygens (including phenoxy) is 3. The average Bonchev–Trinajstić information content (AvgIpc) is 3.09. The highest BCUT2D eigenvalue weighted by molar-refractivity contribution is 5.85. The van der Waals surface area contributed by atoms with Crippen molar-refractivity contribution in [3.8, 4) is 17.2 Å². The van der Waals surface area contributed by atoms with E-state index in [0.717, 1.165) is 28.5 Å². The van der Waals surface area contributed by atoms with Crippen LogP contribution in [0.2, 0.25) is 0 Å². The van der Waals surface area contributed by atoms with Crippen molar-refractivity contribution in [2.45, 2.75) is 0 Å². The van der Waals surface area contributed by atoms with Crippen molar-refractivity contribution in [3.05, 3.63) is 29.8 Å². The molecular formula is C12H9N3O3. The normalized spacial score (nSPS) is 15.9. The molecule has 4 rings (SSSR count). The Morgan fingerprint density at radius 3 is 3.00 bits per heavy atom. The van der Waals surface area contributed by atoms with Crippen molar-refractivity contribution >= 4 is 11.6 Å². The second kappa shape index (κ2) is 3.49. The maximum atomic E-state index is 5.74. The third-order valence-corrected chi connectivity index (χ3v) is 2.95. The summed E-state index contributed by atoms with van der Waals surface area (Å²) < 4.78 is 16.5. The predicted molar refractivity (Wildman–Crippen MR) is 62.3 cm³/mol. The summed E-state index contributed by atoms with van der Waals surface area (Å²) in [5.41, 5.74) is 1.91. The van der Waals surface area contributed by atoms with Crippen molar-refractivity contribution in [1.29, 1.82) is 0 Å². The van der Waals surface area contributed by atoms with Gasteiger partial charge in [0, 0.05) is 11.1 Å². The first kappa shape index (κ1) is 9.52. The van der Waals surface area contributed by atoms with Crippen molar-refractivity contribution in [2.24, 2.45) is 0 Å². The van der Waals surface area contributed by atoms with E-state index >= 15 is 0 Å². The number of aromatic nitrogens is 3. The Labute approximate surface area is 102 Å². The smallest absolute Gasteiger partial charge is 0.231 e. The highest BCUT2D eigenvalue weighted by atomic mass is 16.7. The van der Waals surface area contributed by atoms with E-state index in [9.17, 15) is 0 Å². The van der Waals surface area contributed by atoms with E-state index in [1.807, 2.05) is 18.2 Å². The minimum absolute atomic E-state index is 0.244. The van der Waals surface area contributed by atoms with Crippen molar-refractivity contribution in [3.63, 3.8) is 0 Å². The fourth-order valence-corrected chi connectivity index (χ4v) is 2.10. The monoisotopic (exact) mass is 243 g/mol. The van der Waals surface area contributed by atoms with Crippen LogP contribution in [-0.4, -0.2) is 28.6 Å². The minimum atomic E-state index is 0.244. The molecule has 1 aromatic carbocycles. The van der Waals surface area contributed by atoms with Gasteiger partial charge in [0.05, 0.1) is 0 Å². The summed E-state index contributed by atoms with van der Waals surface area (Å²) in [5, 5.41) is 6.66. The second-order valence-corrected chi connectivity index (χ2v) is 4.01. The molecule has 2 aliphatic rings. The van der Waals surface area contributed by atoms with E-state index in [4.69, 9.17) is 14.2 Å². The Hall–Kier alpha value is -2.50. The molecule has 0 spiro atoms. The zero-order valence-corrected chi connectivity index (χ0v) is 9.34. The number of benzene rings is 1. The van der Waals surface area contributed by atoms with Crippen LogP contribution in [0.4, 0.5) is 0 Å². The molecule has 0 fully saturated rings. The van der Waals surface area contributed by atoms with E-state index < -0.39 is 0 Å². The van der Waals surface area contributed by atoms with Gasteiger partial charge >= 0.3 is 0 Å². The van der Waals surface area contributed by atoms with Gasteiger partial charge in [-0.05, 0) is 18.2 Å². The maximum Gasteiger partial charge on any atom is 0.231 e. The van der Waals surface area contributed by atoms with Crippen LogP contribution in [0.3, 0.4) is 0 Å². The van der Waals surface area contributed by atoms with E-state index in [-0.39, 0.29) is 6.79 Å².